The van der Waals surface area contributed by atoms with Crippen molar-refractivity contribution in [1.82, 2.24) is 35.3 Å². The number of imide groups is 2. The summed E-state index contributed by atoms with van der Waals surface area (Å²) in [4.78, 5) is 76.9. The Labute approximate surface area is 302 Å². The van der Waals surface area contributed by atoms with E-state index in [-0.39, 0.29) is 24.4 Å². The molecule has 52 heavy (non-hydrogen) atoms. The molecular formula is C36H36N10O5S. The monoisotopic (exact) mass is 720 g/mol. The second-order valence-corrected chi connectivity index (χ2v) is 14.5. The summed E-state index contributed by atoms with van der Waals surface area (Å²) in [6.45, 7) is 4.71. The molecule has 16 heteroatoms. The maximum atomic E-state index is 13.3. The number of thiazole rings is 1. The molecule has 0 bridgehead atoms. The molecule has 4 N–H and O–H groups in total. The van der Waals surface area contributed by atoms with E-state index in [9.17, 15) is 24.0 Å². The molecule has 0 saturated carbocycles. The number of nitrogens with one attached hydrogen (secondary N) is 2. The molecule has 15 nitrogen and oxygen atoms in total. The molecule has 5 amide bonds. The molecule has 2 aromatic heterocycles. The van der Waals surface area contributed by atoms with Crippen molar-refractivity contribution in [2.45, 2.75) is 44.1 Å². The topological polar surface area (TPSA) is 197 Å². The van der Waals surface area contributed by atoms with Gasteiger partial charge in [-0.1, -0.05) is 12.1 Å². The predicted octanol–water partition coefficient (Wildman–Crippen LogP) is 2.94. The fourth-order valence-electron chi connectivity index (χ4n) is 7.66. The molecule has 0 radical (unpaired) electrons. The second-order valence-electron chi connectivity index (χ2n) is 13.6. The van der Waals surface area contributed by atoms with E-state index in [0.29, 0.717) is 33.8 Å². The van der Waals surface area contributed by atoms with Gasteiger partial charge in [0.2, 0.25) is 17.6 Å². The molecule has 0 spiro atoms. The van der Waals surface area contributed by atoms with Gasteiger partial charge in [0.15, 0.2) is 16.5 Å². The number of rotatable bonds is 9. The average Bonchev–Trinajstić information content (AvgIpc) is 3.90. The van der Waals surface area contributed by atoms with Crippen LogP contribution in [0.25, 0.3) is 10.8 Å². The number of fused-ring (bicyclic) bond motifs is 1. The van der Waals surface area contributed by atoms with Crippen molar-refractivity contribution in [1.29, 1.82) is 0 Å². The number of nitrogens with two attached hydrogens (primary N) is 1. The van der Waals surface area contributed by atoms with Gasteiger partial charge in [0.05, 0.1) is 11.1 Å². The highest BCUT2D eigenvalue weighted by Crippen LogP contribution is 2.34. The van der Waals surface area contributed by atoms with E-state index in [4.69, 9.17) is 5.73 Å². The van der Waals surface area contributed by atoms with Crippen LogP contribution in [0.5, 0.6) is 0 Å². The zero-order valence-electron chi connectivity index (χ0n) is 28.2. The third kappa shape index (κ3) is 6.50. The Kier molecular flexibility index (Phi) is 8.92. The molecule has 2 atom stereocenters. The number of anilines is 3. The van der Waals surface area contributed by atoms with Crippen LogP contribution >= 0.6 is 11.3 Å². The van der Waals surface area contributed by atoms with Crippen LogP contribution in [0.1, 0.15) is 74.8 Å². The number of amides is 5. The van der Waals surface area contributed by atoms with Gasteiger partial charge in [-0.25, -0.2) is 9.97 Å². The fourth-order valence-corrected chi connectivity index (χ4v) is 8.23. The summed E-state index contributed by atoms with van der Waals surface area (Å²) in [5.74, 6) is -1.23. The maximum Gasteiger partial charge on any atom is 0.273 e. The SMILES string of the molecule is NC(=O)c1nnc(-c2nccs2)nc1Nc1ccc(C2CCN(CC3CCN(c4ccc5c(c4)C(=O)N(C4CCC(=O)NC4=O)C5=O)C3)CC2)cc1. The summed E-state index contributed by atoms with van der Waals surface area (Å²) in [5.41, 5.74) is 9.01. The van der Waals surface area contributed by atoms with Gasteiger partial charge in [0.25, 0.3) is 17.7 Å². The molecule has 4 aliphatic rings. The Bertz CT molecular complexity index is 2070. The number of hydrogen-bond donors (Lipinski definition) is 3. The first-order valence-electron chi connectivity index (χ1n) is 17.4. The Morgan fingerprint density at radius 2 is 1.73 bits per heavy atom. The zero-order valence-corrected chi connectivity index (χ0v) is 29.0. The molecule has 266 valence electrons. The van der Waals surface area contributed by atoms with Gasteiger partial charge in [-0.2, -0.15) is 0 Å². The zero-order chi connectivity index (χ0) is 35.9. The highest BCUT2D eigenvalue weighted by molar-refractivity contribution is 7.13. The van der Waals surface area contributed by atoms with Gasteiger partial charge in [0.1, 0.15) is 6.04 Å². The van der Waals surface area contributed by atoms with Crippen molar-refractivity contribution < 1.29 is 24.0 Å². The number of benzene rings is 2. The number of piperidine rings is 2. The molecular weight excluding hydrogens is 685 g/mol. The van der Waals surface area contributed by atoms with Crippen LogP contribution in [0, 0.1) is 5.92 Å². The van der Waals surface area contributed by atoms with E-state index in [0.717, 1.165) is 68.3 Å². The molecule has 3 fully saturated rings. The second kappa shape index (κ2) is 13.8. The number of carbonyl (C=O) groups excluding carboxylic acids is 5. The molecule has 3 saturated heterocycles. The van der Waals surface area contributed by atoms with Crippen LogP contribution in [0.3, 0.4) is 0 Å². The van der Waals surface area contributed by atoms with Crippen molar-refractivity contribution in [3.05, 3.63) is 76.4 Å². The van der Waals surface area contributed by atoms with E-state index in [1.807, 2.05) is 23.6 Å². The predicted molar refractivity (Wildman–Crippen MR) is 191 cm³/mol. The van der Waals surface area contributed by atoms with Gasteiger partial charge in [0, 0.05) is 49.0 Å². The van der Waals surface area contributed by atoms with E-state index >= 15 is 0 Å². The first-order chi connectivity index (χ1) is 25.2. The van der Waals surface area contributed by atoms with Crippen LogP contribution in [0.2, 0.25) is 0 Å². The van der Waals surface area contributed by atoms with Crippen molar-refractivity contribution in [3.8, 4) is 10.8 Å². The molecule has 6 heterocycles. The highest BCUT2D eigenvalue weighted by atomic mass is 32.1. The Balaban J connectivity index is 0.841. The number of primary amides is 1. The highest BCUT2D eigenvalue weighted by Gasteiger charge is 2.45. The minimum Gasteiger partial charge on any atom is -0.371 e. The Hall–Kier alpha value is -5.61. The van der Waals surface area contributed by atoms with Crippen LogP contribution in [-0.2, 0) is 9.59 Å². The molecule has 0 aliphatic carbocycles. The van der Waals surface area contributed by atoms with Crippen LogP contribution in [-0.4, -0.2) is 98.3 Å². The van der Waals surface area contributed by atoms with Crippen molar-refractivity contribution in [2.24, 2.45) is 11.7 Å². The largest absolute Gasteiger partial charge is 0.371 e. The number of nitrogens with zero attached hydrogens (tertiary/aromatic N) is 7. The smallest absolute Gasteiger partial charge is 0.273 e. The number of likely N-dealkylation sites (tertiary alicyclic amines) is 1. The summed E-state index contributed by atoms with van der Waals surface area (Å²) >= 11 is 1.38. The first kappa shape index (κ1) is 33.5. The summed E-state index contributed by atoms with van der Waals surface area (Å²) in [6.07, 6.45) is 5.01. The quantitative estimate of drug-likeness (QED) is 0.214. The van der Waals surface area contributed by atoms with Crippen LogP contribution < -0.4 is 21.3 Å². The minimum absolute atomic E-state index is 0.0422. The van der Waals surface area contributed by atoms with Gasteiger partial charge < -0.3 is 20.9 Å². The third-order valence-corrected chi connectivity index (χ3v) is 11.1. The molecule has 4 aliphatic heterocycles. The minimum atomic E-state index is -0.972. The van der Waals surface area contributed by atoms with Crippen molar-refractivity contribution in [3.63, 3.8) is 0 Å². The third-order valence-electron chi connectivity index (χ3n) is 10.4. The Morgan fingerprint density at radius 1 is 0.942 bits per heavy atom. The van der Waals surface area contributed by atoms with E-state index in [1.54, 1.807) is 18.3 Å². The van der Waals surface area contributed by atoms with Crippen molar-refractivity contribution >= 4 is 58.1 Å². The van der Waals surface area contributed by atoms with E-state index < -0.39 is 35.6 Å². The summed E-state index contributed by atoms with van der Waals surface area (Å²) in [5, 5.41) is 15.8. The molecule has 8 rings (SSSR count). The number of carbonyl (C=O) groups is 5. The summed E-state index contributed by atoms with van der Waals surface area (Å²) in [7, 11) is 0. The summed E-state index contributed by atoms with van der Waals surface area (Å²) < 4.78 is 0. The summed E-state index contributed by atoms with van der Waals surface area (Å²) in [6, 6.07) is 12.5. The molecule has 2 aromatic carbocycles. The lowest BCUT2D eigenvalue weighted by molar-refractivity contribution is -0.136. The van der Waals surface area contributed by atoms with Crippen molar-refractivity contribution in [2.75, 3.05) is 42.9 Å². The lowest BCUT2D eigenvalue weighted by Gasteiger charge is -2.34. The fraction of sp³-hybridized carbons (Fsp3) is 0.361. The lowest BCUT2D eigenvalue weighted by atomic mass is 9.89. The number of aromatic nitrogens is 4. The molecule has 4 aromatic rings. The van der Waals surface area contributed by atoms with Gasteiger partial charge in [-0.05, 0) is 86.5 Å². The Morgan fingerprint density at radius 3 is 2.46 bits per heavy atom. The molecule has 2 unspecified atom stereocenters. The first-order valence-corrected chi connectivity index (χ1v) is 18.2. The number of hydrogen-bond acceptors (Lipinski definition) is 13. The van der Waals surface area contributed by atoms with Gasteiger partial charge in [-0.3, -0.25) is 34.2 Å². The van der Waals surface area contributed by atoms with Crippen LogP contribution in [0.4, 0.5) is 17.2 Å². The lowest BCUT2D eigenvalue weighted by Crippen LogP contribution is -2.54. The average molecular weight is 721 g/mol. The van der Waals surface area contributed by atoms with Gasteiger partial charge >= 0.3 is 0 Å². The van der Waals surface area contributed by atoms with Gasteiger partial charge in [-0.15, -0.1) is 21.5 Å². The maximum absolute atomic E-state index is 13.3. The van der Waals surface area contributed by atoms with Crippen LogP contribution in [0.15, 0.2) is 54.0 Å². The normalized spacial score (nSPS) is 21.1. The van der Waals surface area contributed by atoms with E-state index in [1.165, 1.54) is 16.9 Å². The standard InChI is InChI=1S/C36H36N10O5S/c37-30(48)29-31(41-32(43-42-29)34-38-12-16-52-34)39-23-3-1-21(2-4-23)22-10-13-44(14-11-22)18-20-9-15-45(19-20)24-5-6-25-26(17-24)36(51)46(35(25)50)27-7-8-28(47)40-33(27)49/h1-6,12,16-17,20,22,27H,7-11,13-15,18-19H2,(H2,37,48)(H,39,41,43)(H,40,47,49). The van der Waals surface area contributed by atoms with E-state index in [2.05, 4.69) is 52.7 Å².